The van der Waals surface area contributed by atoms with Gasteiger partial charge in [0.25, 0.3) is 0 Å². The van der Waals surface area contributed by atoms with E-state index in [1.54, 1.807) is 26.1 Å². The Balaban J connectivity index is 1.24. The Morgan fingerprint density at radius 2 is 1.91 bits per heavy atom. The van der Waals surface area contributed by atoms with Crippen LogP contribution in [0.3, 0.4) is 0 Å². The van der Waals surface area contributed by atoms with Crippen molar-refractivity contribution in [2.24, 2.45) is 0 Å². The lowest BCUT2D eigenvalue weighted by Crippen LogP contribution is -2.28. The molecule has 2 N–H and O–H groups in total. The molecule has 0 saturated carbocycles. The molecule has 9 nitrogen and oxygen atoms in total. The molecule has 224 valence electrons. The van der Waals surface area contributed by atoms with Crippen molar-refractivity contribution in [3.8, 4) is 17.1 Å². The van der Waals surface area contributed by atoms with Crippen molar-refractivity contribution in [1.29, 1.82) is 0 Å². The molecule has 3 heterocycles. The van der Waals surface area contributed by atoms with Gasteiger partial charge in [-0.3, -0.25) is 4.98 Å². The van der Waals surface area contributed by atoms with Crippen molar-refractivity contribution in [1.82, 2.24) is 25.3 Å². The molecule has 13 heteroatoms. The lowest BCUT2D eigenvalue weighted by molar-refractivity contribution is 0.303. The molecule has 0 amide bonds. The summed E-state index contributed by atoms with van der Waals surface area (Å²) in [5.74, 6) is 1.07. The van der Waals surface area contributed by atoms with Crippen molar-refractivity contribution in [2.75, 3.05) is 24.2 Å². The van der Waals surface area contributed by atoms with E-state index in [2.05, 4.69) is 41.5 Å². The molecule has 0 saturated heterocycles. The summed E-state index contributed by atoms with van der Waals surface area (Å²) in [6.07, 6.45) is 3.87. The zero-order chi connectivity index (χ0) is 30.4. The number of sulfone groups is 1. The first-order valence-electron chi connectivity index (χ1n) is 13.6. The van der Waals surface area contributed by atoms with Crippen molar-refractivity contribution < 1.29 is 17.5 Å². The molecular formula is C30H30BrFN6O3S2. The highest BCUT2D eigenvalue weighted by molar-refractivity contribution is 9.10. The third kappa shape index (κ3) is 8.11. The molecule has 0 radical (unpaired) electrons. The van der Waals surface area contributed by atoms with Gasteiger partial charge in [-0.15, -0.1) is 11.3 Å². The standard InChI is InChI=1S/C30H30BrFN6O3S2/c1-19(2)43(39,40)11-10-33-9-8-29-38-27(17-42-29)25-14-23-26(15-34-25)35-18-36-30(23)37-22-6-7-28(24(31)13-22)41-16-20-4-3-5-21(32)12-20/h3-7,12-15,17-19,33H,8-11,16H2,1-2H3,(H,35,36,37). The van der Waals surface area contributed by atoms with E-state index < -0.39 is 9.84 Å². The number of fused-ring (bicyclic) bond motifs is 1. The van der Waals surface area contributed by atoms with Gasteiger partial charge < -0.3 is 15.4 Å². The molecule has 43 heavy (non-hydrogen) atoms. The number of hydrogen-bond donors (Lipinski definition) is 2. The fraction of sp³-hybridized carbons (Fsp3) is 0.267. The van der Waals surface area contributed by atoms with Crippen LogP contribution in [0.15, 0.2) is 70.9 Å². The van der Waals surface area contributed by atoms with E-state index in [4.69, 9.17) is 9.72 Å². The molecular weight excluding hydrogens is 655 g/mol. The van der Waals surface area contributed by atoms with Crippen LogP contribution >= 0.6 is 27.3 Å². The smallest absolute Gasteiger partial charge is 0.153 e. The predicted molar refractivity (Wildman–Crippen MR) is 172 cm³/mol. The maximum atomic E-state index is 13.5. The normalized spacial score (nSPS) is 11.7. The molecule has 0 unspecified atom stereocenters. The summed E-state index contributed by atoms with van der Waals surface area (Å²) in [5, 5.41) is 9.87. The number of rotatable bonds is 13. The number of ether oxygens (including phenoxy) is 1. The van der Waals surface area contributed by atoms with Gasteiger partial charge in [0.2, 0.25) is 0 Å². The average Bonchev–Trinajstić information content (AvgIpc) is 3.45. The number of thiazole rings is 1. The van der Waals surface area contributed by atoms with Gasteiger partial charge in [0.05, 0.1) is 43.6 Å². The largest absolute Gasteiger partial charge is 0.488 e. The number of anilines is 2. The van der Waals surface area contributed by atoms with Crippen molar-refractivity contribution in [3.63, 3.8) is 0 Å². The van der Waals surface area contributed by atoms with Gasteiger partial charge in [-0.1, -0.05) is 12.1 Å². The van der Waals surface area contributed by atoms with Crippen molar-refractivity contribution in [3.05, 3.63) is 87.3 Å². The van der Waals surface area contributed by atoms with Crippen LogP contribution in [0.1, 0.15) is 24.4 Å². The second-order valence-corrected chi connectivity index (χ2v) is 14.5. The van der Waals surface area contributed by atoms with E-state index in [0.29, 0.717) is 42.3 Å². The van der Waals surface area contributed by atoms with E-state index in [-0.39, 0.29) is 23.4 Å². The summed E-state index contributed by atoms with van der Waals surface area (Å²) in [6, 6.07) is 13.8. The van der Waals surface area contributed by atoms with Gasteiger partial charge in [0, 0.05) is 36.0 Å². The minimum atomic E-state index is -3.05. The number of benzene rings is 2. The summed E-state index contributed by atoms with van der Waals surface area (Å²) in [7, 11) is -3.05. The maximum Gasteiger partial charge on any atom is 0.153 e. The Labute approximate surface area is 262 Å². The SMILES string of the molecule is CC(C)S(=O)(=O)CCNCCc1nc(-c2cc3c(Nc4ccc(OCc5cccc(F)c5)c(Br)c4)ncnc3cn2)cs1. The minimum Gasteiger partial charge on any atom is -0.488 e. The summed E-state index contributed by atoms with van der Waals surface area (Å²) in [5.41, 5.74) is 3.66. The first kappa shape index (κ1) is 30.9. The molecule has 5 aromatic rings. The highest BCUT2D eigenvalue weighted by Crippen LogP contribution is 2.32. The highest BCUT2D eigenvalue weighted by atomic mass is 79.9. The first-order valence-corrected chi connectivity index (χ1v) is 17.0. The average molecular weight is 686 g/mol. The quantitative estimate of drug-likeness (QED) is 0.137. The van der Waals surface area contributed by atoms with Gasteiger partial charge in [0.15, 0.2) is 9.84 Å². The maximum absolute atomic E-state index is 13.5. The van der Waals surface area contributed by atoms with E-state index >= 15 is 0 Å². The van der Waals surface area contributed by atoms with Crippen LogP contribution < -0.4 is 15.4 Å². The monoisotopic (exact) mass is 684 g/mol. The van der Waals surface area contributed by atoms with E-state index in [1.165, 1.54) is 29.8 Å². The fourth-order valence-corrected chi connectivity index (χ4v) is 6.32. The molecule has 0 spiro atoms. The summed E-state index contributed by atoms with van der Waals surface area (Å²) >= 11 is 5.10. The molecule has 0 aliphatic carbocycles. The highest BCUT2D eigenvalue weighted by Gasteiger charge is 2.15. The van der Waals surface area contributed by atoms with Crippen LogP contribution in [0.25, 0.3) is 22.3 Å². The lowest BCUT2D eigenvalue weighted by atomic mass is 10.2. The molecule has 0 aliphatic heterocycles. The van der Waals surface area contributed by atoms with Gasteiger partial charge in [-0.2, -0.15) is 0 Å². The second kappa shape index (κ2) is 13.8. The van der Waals surface area contributed by atoms with Gasteiger partial charge in [-0.05, 0) is 71.7 Å². The van der Waals surface area contributed by atoms with Crippen LogP contribution in [0.5, 0.6) is 5.75 Å². The predicted octanol–water partition coefficient (Wildman–Crippen LogP) is 6.33. The number of aromatic nitrogens is 4. The molecule has 2 aromatic carbocycles. The number of nitrogens with one attached hydrogen (secondary N) is 2. The van der Waals surface area contributed by atoms with Gasteiger partial charge >= 0.3 is 0 Å². The molecule has 5 rings (SSSR count). The van der Waals surface area contributed by atoms with Crippen molar-refractivity contribution >= 4 is 59.5 Å². The van der Waals surface area contributed by atoms with Gasteiger partial charge in [0.1, 0.15) is 30.3 Å². The number of hydrogen-bond acceptors (Lipinski definition) is 10. The summed E-state index contributed by atoms with van der Waals surface area (Å²) in [4.78, 5) is 18.1. The lowest BCUT2D eigenvalue weighted by Gasteiger charge is -2.12. The van der Waals surface area contributed by atoms with Crippen LogP contribution in [-0.2, 0) is 22.9 Å². The molecule has 0 aliphatic rings. The second-order valence-electron chi connectivity index (χ2n) is 10.0. The Hall–Kier alpha value is -3.52. The van der Waals surface area contributed by atoms with Crippen molar-refractivity contribution in [2.45, 2.75) is 32.1 Å². The fourth-order valence-electron chi connectivity index (χ4n) is 4.13. The Morgan fingerprint density at radius 3 is 2.70 bits per heavy atom. The Bertz CT molecular complexity index is 1830. The van der Waals surface area contributed by atoms with Gasteiger partial charge in [-0.25, -0.2) is 27.8 Å². The van der Waals surface area contributed by atoms with E-state index in [9.17, 15) is 12.8 Å². The van der Waals surface area contributed by atoms with Crippen LogP contribution in [-0.4, -0.2) is 52.4 Å². The van der Waals surface area contributed by atoms with Crippen LogP contribution in [0.2, 0.25) is 0 Å². The third-order valence-electron chi connectivity index (χ3n) is 6.61. The third-order valence-corrected chi connectivity index (χ3v) is 10.3. The number of nitrogens with zero attached hydrogens (tertiary/aromatic N) is 4. The van der Waals surface area contributed by atoms with Crippen LogP contribution in [0, 0.1) is 5.82 Å². The molecule has 0 fully saturated rings. The van der Waals surface area contributed by atoms with E-state index in [1.807, 2.05) is 35.7 Å². The Morgan fingerprint density at radius 1 is 1.05 bits per heavy atom. The number of halogens is 2. The Kier molecular flexibility index (Phi) is 9.96. The first-order chi connectivity index (χ1) is 20.7. The minimum absolute atomic E-state index is 0.124. The molecule has 3 aromatic heterocycles. The zero-order valence-electron chi connectivity index (χ0n) is 23.5. The number of pyridine rings is 1. The van der Waals surface area contributed by atoms with E-state index in [0.717, 1.165) is 31.8 Å². The molecule has 0 atom stereocenters. The zero-order valence-corrected chi connectivity index (χ0v) is 26.8. The van der Waals surface area contributed by atoms with Crippen LogP contribution in [0.4, 0.5) is 15.9 Å². The summed E-state index contributed by atoms with van der Waals surface area (Å²) < 4.78 is 44.0. The summed E-state index contributed by atoms with van der Waals surface area (Å²) in [6.45, 7) is 4.69. The topological polar surface area (TPSA) is 119 Å². The molecule has 0 bridgehead atoms.